The maximum absolute atomic E-state index is 6.00. The number of quaternary nitrogens is 2. The van der Waals surface area contributed by atoms with Crippen molar-refractivity contribution in [3.8, 4) is 0 Å². The summed E-state index contributed by atoms with van der Waals surface area (Å²) in [4.78, 5) is 1.70. The van der Waals surface area contributed by atoms with Gasteiger partial charge in [-0.25, -0.2) is 0 Å². The van der Waals surface area contributed by atoms with E-state index in [0.717, 1.165) is 18.2 Å². The van der Waals surface area contributed by atoms with E-state index in [1.165, 1.54) is 44.7 Å². The molecular weight excluding hydrogens is 296 g/mol. The van der Waals surface area contributed by atoms with Crippen LogP contribution in [0.5, 0.6) is 0 Å². The average Bonchev–Trinajstić information content (AvgIpc) is 2.53. The Labute approximate surface area is 140 Å². The molecule has 1 fully saturated rings. The molecule has 1 aliphatic heterocycles. The quantitative estimate of drug-likeness (QED) is 0.685. The molecule has 0 saturated carbocycles. The lowest BCUT2D eigenvalue weighted by atomic mass is 9.86. The predicted octanol–water partition coefficient (Wildman–Crippen LogP) is 0.948. The standard InChI is InChI=1S/C18H29ClN2O/c1-15(2)18(16-3-5-17(19)6-4-16)7-8-20-9-10-21-11-13-22-14-12-21/h3-6,15,18,20H,7-14H2,1-2H3/p+2/t18-/m0/s1. The van der Waals surface area contributed by atoms with Crippen LogP contribution in [0, 0.1) is 5.92 Å². The molecule has 0 aliphatic carbocycles. The molecule has 1 aromatic carbocycles. The zero-order valence-corrected chi connectivity index (χ0v) is 14.7. The Morgan fingerprint density at radius 3 is 2.45 bits per heavy atom. The third-order valence-corrected chi connectivity index (χ3v) is 4.94. The first-order chi connectivity index (χ1) is 10.7. The largest absolute Gasteiger partial charge is 0.370 e. The fraction of sp³-hybridized carbons (Fsp3) is 0.667. The van der Waals surface area contributed by atoms with Gasteiger partial charge in [-0.15, -0.1) is 0 Å². The third kappa shape index (κ3) is 5.88. The van der Waals surface area contributed by atoms with Crippen LogP contribution in [0.3, 0.4) is 0 Å². The van der Waals surface area contributed by atoms with Gasteiger partial charge in [0.25, 0.3) is 0 Å². The molecule has 4 heteroatoms. The van der Waals surface area contributed by atoms with Crippen LogP contribution >= 0.6 is 11.6 Å². The van der Waals surface area contributed by atoms with Crippen molar-refractivity contribution in [1.82, 2.24) is 0 Å². The highest BCUT2D eigenvalue weighted by Gasteiger charge is 2.17. The second-order valence-corrected chi connectivity index (χ2v) is 7.11. The molecule has 22 heavy (non-hydrogen) atoms. The van der Waals surface area contributed by atoms with E-state index in [2.05, 4.69) is 31.3 Å². The lowest BCUT2D eigenvalue weighted by Crippen LogP contribution is -3.16. The number of hydrogen-bond donors (Lipinski definition) is 2. The number of nitrogens with one attached hydrogen (secondary N) is 1. The lowest BCUT2D eigenvalue weighted by molar-refractivity contribution is -0.919. The van der Waals surface area contributed by atoms with Crippen LogP contribution in [-0.4, -0.2) is 45.9 Å². The van der Waals surface area contributed by atoms with E-state index in [-0.39, 0.29) is 0 Å². The minimum absolute atomic E-state index is 0.629. The highest BCUT2D eigenvalue weighted by molar-refractivity contribution is 6.30. The molecule has 1 saturated heterocycles. The minimum atomic E-state index is 0.629. The smallest absolute Gasteiger partial charge is 0.127 e. The molecule has 124 valence electrons. The van der Waals surface area contributed by atoms with Gasteiger partial charge in [0.05, 0.1) is 19.8 Å². The highest BCUT2D eigenvalue weighted by Crippen LogP contribution is 2.28. The summed E-state index contributed by atoms with van der Waals surface area (Å²) in [5.74, 6) is 1.30. The summed E-state index contributed by atoms with van der Waals surface area (Å²) < 4.78 is 5.40. The van der Waals surface area contributed by atoms with E-state index in [1.807, 2.05) is 12.1 Å². The number of ether oxygens (including phenoxy) is 1. The monoisotopic (exact) mass is 326 g/mol. The van der Waals surface area contributed by atoms with Crippen molar-refractivity contribution in [1.29, 1.82) is 0 Å². The van der Waals surface area contributed by atoms with Crippen LogP contribution in [0.2, 0.25) is 5.02 Å². The van der Waals surface area contributed by atoms with Crippen LogP contribution in [0.25, 0.3) is 0 Å². The van der Waals surface area contributed by atoms with Crippen molar-refractivity contribution in [2.75, 3.05) is 45.9 Å². The molecule has 1 aliphatic rings. The summed E-state index contributed by atoms with van der Waals surface area (Å²) in [6.45, 7) is 12.5. The summed E-state index contributed by atoms with van der Waals surface area (Å²) >= 11 is 6.00. The maximum atomic E-state index is 6.00. The summed E-state index contributed by atoms with van der Waals surface area (Å²) in [5.41, 5.74) is 1.42. The molecule has 2 rings (SSSR count). The van der Waals surface area contributed by atoms with Gasteiger partial charge in [-0.1, -0.05) is 37.6 Å². The molecule has 0 spiro atoms. The molecule has 0 amide bonds. The fourth-order valence-corrected chi connectivity index (χ4v) is 3.38. The zero-order chi connectivity index (χ0) is 15.8. The third-order valence-electron chi connectivity index (χ3n) is 4.69. The van der Waals surface area contributed by atoms with Crippen molar-refractivity contribution in [2.24, 2.45) is 5.92 Å². The van der Waals surface area contributed by atoms with Gasteiger partial charge in [0.15, 0.2) is 0 Å². The molecule has 1 aromatic rings. The van der Waals surface area contributed by atoms with Gasteiger partial charge < -0.3 is 15.0 Å². The summed E-state index contributed by atoms with van der Waals surface area (Å²) in [7, 11) is 0. The van der Waals surface area contributed by atoms with Crippen molar-refractivity contribution in [3.05, 3.63) is 34.9 Å². The van der Waals surface area contributed by atoms with E-state index in [0.29, 0.717) is 11.8 Å². The van der Waals surface area contributed by atoms with Gasteiger partial charge in [-0.3, -0.25) is 0 Å². The second-order valence-electron chi connectivity index (χ2n) is 6.67. The van der Waals surface area contributed by atoms with E-state index < -0.39 is 0 Å². The number of hydrogen-bond acceptors (Lipinski definition) is 1. The maximum Gasteiger partial charge on any atom is 0.127 e. The molecule has 0 aromatic heterocycles. The number of halogens is 1. The highest BCUT2D eigenvalue weighted by atomic mass is 35.5. The second kappa shape index (κ2) is 9.51. The van der Waals surface area contributed by atoms with Crippen LogP contribution in [0.15, 0.2) is 24.3 Å². The van der Waals surface area contributed by atoms with Crippen molar-refractivity contribution >= 4 is 11.6 Å². The van der Waals surface area contributed by atoms with Crippen LogP contribution in [0.4, 0.5) is 0 Å². The average molecular weight is 327 g/mol. The predicted molar refractivity (Wildman–Crippen MR) is 91.7 cm³/mol. The Bertz CT molecular complexity index is 416. The van der Waals surface area contributed by atoms with Crippen LogP contribution < -0.4 is 10.2 Å². The Kier molecular flexibility index (Phi) is 7.67. The SMILES string of the molecule is CC(C)[C@H](CC[NH2+]CC[NH+]1CCOCC1)c1ccc(Cl)cc1. The molecule has 0 unspecified atom stereocenters. The van der Waals surface area contributed by atoms with E-state index in [1.54, 1.807) is 4.90 Å². The van der Waals surface area contributed by atoms with Crippen LogP contribution in [0.1, 0.15) is 31.7 Å². The van der Waals surface area contributed by atoms with Gasteiger partial charge in [0.1, 0.15) is 26.2 Å². The first-order valence-corrected chi connectivity index (χ1v) is 9.03. The van der Waals surface area contributed by atoms with Crippen molar-refractivity contribution in [3.63, 3.8) is 0 Å². The molecule has 0 bridgehead atoms. The summed E-state index contributed by atoms with van der Waals surface area (Å²) in [6.07, 6.45) is 1.23. The number of benzene rings is 1. The van der Waals surface area contributed by atoms with E-state index in [9.17, 15) is 0 Å². The molecule has 1 heterocycles. The minimum Gasteiger partial charge on any atom is -0.370 e. The normalized spacial score (nSPS) is 17.8. The van der Waals surface area contributed by atoms with Gasteiger partial charge >= 0.3 is 0 Å². The van der Waals surface area contributed by atoms with E-state index >= 15 is 0 Å². The summed E-state index contributed by atoms with van der Waals surface area (Å²) in [5, 5.41) is 3.31. The molecule has 1 atom stereocenters. The topological polar surface area (TPSA) is 30.3 Å². The fourth-order valence-electron chi connectivity index (χ4n) is 3.25. The van der Waals surface area contributed by atoms with Crippen molar-refractivity contribution in [2.45, 2.75) is 26.2 Å². The Hall–Kier alpha value is -0.610. The molecule has 3 N–H and O–H groups in total. The first-order valence-electron chi connectivity index (χ1n) is 8.65. The Morgan fingerprint density at radius 2 is 1.82 bits per heavy atom. The van der Waals surface area contributed by atoms with E-state index in [4.69, 9.17) is 16.3 Å². The summed E-state index contributed by atoms with van der Waals surface area (Å²) in [6, 6.07) is 8.39. The number of nitrogens with two attached hydrogens (primary N) is 1. The Balaban J connectivity index is 1.69. The molecular formula is C18H31ClN2O+2. The first kappa shape index (κ1) is 17.7. The number of morpholine rings is 1. The van der Waals surface area contributed by atoms with Gasteiger partial charge in [0, 0.05) is 11.4 Å². The van der Waals surface area contributed by atoms with Crippen molar-refractivity contribution < 1.29 is 15.0 Å². The van der Waals surface area contributed by atoms with Gasteiger partial charge in [0.2, 0.25) is 0 Å². The molecule has 0 radical (unpaired) electrons. The van der Waals surface area contributed by atoms with Gasteiger partial charge in [-0.05, 0) is 29.5 Å². The van der Waals surface area contributed by atoms with Gasteiger partial charge in [-0.2, -0.15) is 0 Å². The lowest BCUT2D eigenvalue weighted by Gasteiger charge is -2.23. The molecule has 3 nitrogen and oxygen atoms in total. The van der Waals surface area contributed by atoms with Crippen LogP contribution in [-0.2, 0) is 4.74 Å². The Morgan fingerprint density at radius 1 is 1.14 bits per heavy atom. The number of rotatable bonds is 8. The zero-order valence-electron chi connectivity index (χ0n) is 14.0.